The molecule has 20 heavy (non-hydrogen) atoms. The van der Waals surface area contributed by atoms with E-state index in [1.54, 1.807) is 0 Å². The molecule has 0 aliphatic heterocycles. The van der Waals surface area contributed by atoms with E-state index in [-0.39, 0.29) is 16.8 Å². The van der Waals surface area contributed by atoms with E-state index in [1.165, 1.54) is 25.1 Å². The molecule has 0 amide bonds. The first-order valence-corrected chi connectivity index (χ1v) is 8.86. The third-order valence-electron chi connectivity index (χ3n) is 3.69. The molecule has 0 saturated heterocycles. The molecule has 1 atom stereocenters. The topological polar surface area (TPSA) is 97.1 Å². The molecule has 1 unspecified atom stereocenters. The monoisotopic (exact) mass is 362 g/mol. The lowest BCUT2D eigenvalue weighted by Gasteiger charge is -2.21. The fourth-order valence-electron chi connectivity index (χ4n) is 2.60. The highest BCUT2D eigenvalue weighted by Crippen LogP contribution is 2.29. The lowest BCUT2D eigenvalue weighted by Crippen LogP contribution is -2.37. The standard InChI is InChI=1S/C12H19BrN4O2S/c1-8(9-4-2-3-5-9)17-20(18,19)11-6-10(13)7-15-12(11)16-14/h6-9,17H,2-5,14H2,1H3,(H,15,16). The van der Waals surface area contributed by atoms with Gasteiger partial charge in [-0.1, -0.05) is 12.8 Å². The predicted octanol–water partition coefficient (Wildman–Crippen LogP) is 1.99. The van der Waals surface area contributed by atoms with E-state index in [4.69, 9.17) is 5.84 Å². The molecular formula is C12H19BrN4O2S. The molecule has 112 valence electrons. The zero-order chi connectivity index (χ0) is 14.8. The Morgan fingerprint density at radius 2 is 2.10 bits per heavy atom. The van der Waals surface area contributed by atoms with E-state index in [1.807, 2.05) is 6.92 Å². The number of hydrogen-bond acceptors (Lipinski definition) is 5. The normalized spacial score (nSPS) is 18.1. The molecule has 4 N–H and O–H groups in total. The smallest absolute Gasteiger partial charge is 0.244 e. The van der Waals surface area contributed by atoms with Crippen LogP contribution in [0.15, 0.2) is 21.6 Å². The molecule has 0 bridgehead atoms. The maximum Gasteiger partial charge on any atom is 0.244 e. The summed E-state index contributed by atoms with van der Waals surface area (Å²) in [4.78, 5) is 4.02. The Morgan fingerprint density at radius 1 is 1.45 bits per heavy atom. The Hall–Kier alpha value is -0.700. The first kappa shape index (κ1) is 15.7. The zero-order valence-electron chi connectivity index (χ0n) is 11.3. The Morgan fingerprint density at radius 3 is 2.70 bits per heavy atom. The van der Waals surface area contributed by atoms with Gasteiger partial charge in [-0.25, -0.2) is 24.0 Å². The number of hydrazine groups is 1. The largest absolute Gasteiger partial charge is 0.307 e. The minimum atomic E-state index is -3.65. The molecule has 8 heteroatoms. The van der Waals surface area contributed by atoms with Gasteiger partial charge < -0.3 is 5.43 Å². The number of halogens is 1. The van der Waals surface area contributed by atoms with Gasteiger partial charge >= 0.3 is 0 Å². The summed E-state index contributed by atoms with van der Waals surface area (Å²) in [7, 11) is -3.65. The summed E-state index contributed by atoms with van der Waals surface area (Å²) in [5.41, 5.74) is 2.32. The molecule has 0 aromatic carbocycles. The number of nitrogen functional groups attached to an aromatic ring is 1. The van der Waals surface area contributed by atoms with Gasteiger partial charge in [0.15, 0.2) is 5.82 Å². The minimum Gasteiger partial charge on any atom is -0.307 e. The molecule has 0 radical (unpaired) electrons. The summed E-state index contributed by atoms with van der Waals surface area (Å²) < 4.78 is 28.2. The van der Waals surface area contributed by atoms with Gasteiger partial charge in [0.25, 0.3) is 0 Å². The number of rotatable bonds is 5. The van der Waals surface area contributed by atoms with E-state index in [0.717, 1.165) is 12.8 Å². The van der Waals surface area contributed by atoms with Gasteiger partial charge in [0.2, 0.25) is 10.0 Å². The van der Waals surface area contributed by atoms with Crippen LogP contribution in [0.3, 0.4) is 0 Å². The predicted molar refractivity (Wildman–Crippen MR) is 81.5 cm³/mol. The van der Waals surface area contributed by atoms with E-state index in [9.17, 15) is 8.42 Å². The van der Waals surface area contributed by atoms with Gasteiger partial charge in [-0.05, 0) is 47.7 Å². The quantitative estimate of drug-likeness (QED) is 0.549. The van der Waals surface area contributed by atoms with Crippen molar-refractivity contribution in [3.05, 3.63) is 16.7 Å². The van der Waals surface area contributed by atoms with Crippen LogP contribution in [0, 0.1) is 5.92 Å². The third-order valence-corrected chi connectivity index (χ3v) is 5.70. The number of pyridine rings is 1. The highest BCUT2D eigenvalue weighted by atomic mass is 79.9. The van der Waals surface area contributed by atoms with Gasteiger partial charge in [0.1, 0.15) is 4.90 Å². The van der Waals surface area contributed by atoms with Crippen molar-refractivity contribution in [1.82, 2.24) is 9.71 Å². The number of aromatic nitrogens is 1. The molecule has 6 nitrogen and oxygen atoms in total. The van der Waals surface area contributed by atoms with Crippen molar-refractivity contribution >= 4 is 31.8 Å². The van der Waals surface area contributed by atoms with E-state index in [0.29, 0.717) is 10.4 Å². The second kappa shape index (κ2) is 6.38. The van der Waals surface area contributed by atoms with Crippen LogP contribution < -0.4 is 16.0 Å². The molecule has 1 aliphatic carbocycles. The average Bonchev–Trinajstić information content (AvgIpc) is 2.92. The number of nitrogens with one attached hydrogen (secondary N) is 2. The van der Waals surface area contributed by atoms with Crippen LogP contribution >= 0.6 is 15.9 Å². The highest BCUT2D eigenvalue weighted by Gasteiger charge is 2.28. The van der Waals surface area contributed by atoms with Gasteiger partial charge in [-0.2, -0.15) is 0 Å². The van der Waals surface area contributed by atoms with Crippen molar-refractivity contribution in [2.75, 3.05) is 5.43 Å². The second-order valence-corrected chi connectivity index (χ2v) is 7.70. The third kappa shape index (κ3) is 3.49. The number of anilines is 1. The molecule has 1 fully saturated rings. The summed E-state index contributed by atoms with van der Waals surface area (Å²) >= 11 is 3.23. The fraction of sp³-hybridized carbons (Fsp3) is 0.583. The van der Waals surface area contributed by atoms with E-state index >= 15 is 0 Å². The van der Waals surface area contributed by atoms with Gasteiger partial charge in [0.05, 0.1) is 0 Å². The van der Waals surface area contributed by atoms with Crippen LogP contribution in [0.1, 0.15) is 32.6 Å². The van der Waals surface area contributed by atoms with Crippen LogP contribution in [0.2, 0.25) is 0 Å². The van der Waals surface area contributed by atoms with Crippen LogP contribution in [-0.2, 0) is 10.0 Å². The van der Waals surface area contributed by atoms with Crippen LogP contribution in [-0.4, -0.2) is 19.4 Å². The van der Waals surface area contributed by atoms with Crippen LogP contribution in [0.5, 0.6) is 0 Å². The van der Waals surface area contributed by atoms with Crippen molar-refractivity contribution in [2.45, 2.75) is 43.5 Å². The molecular weight excluding hydrogens is 344 g/mol. The summed E-state index contributed by atoms with van der Waals surface area (Å²) in [5.74, 6) is 5.87. The number of hydrogen-bond donors (Lipinski definition) is 3. The summed E-state index contributed by atoms with van der Waals surface area (Å²) in [6, 6.07) is 1.40. The van der Waals surface area contributed by atoms with Gasteiger partial charge in [0, 0.05) is 16.7 Å². The Labute approximate surface area is 127 Å². The SMILES string of the molecule is CC(NS(=O)(=O)c1cc(Br)cnc1NN)C1CCCC1. The van der Waals surface area contributed by atoms with Gasteiger partial charge in [-0.3, -0.25) is 0 Å². The summed E-state index contributed by atoms with van der Waals surface area (Å²) in [6.07, 6.45) is 5.98. The Kier molecular flexibility index (Phi) is 5.00. The number of sulfonamides is 1. The lowest BCUT2D eigenvalue weighted by atomic mass is 10.0. The maximum atomic E-state index is 12.5. The molecule has 1 aromatic rings. The van der Waals surface area contributed by atoms with E-state index in [2.05, 4.69) is 31.1 Å². The highest BCUT2D eigenvalue weighted by molar-refractivity contribution is 9.10. The Bertz CT molecular complexity index is 573. The molecule has 1 heterocycles. The van der Waals surface area contributed by atoms with Crippen LogP contribution in [0.25, 0.3) is 0 Å². The molecule has 2 rings (SSSR count). The second-order valence-electron chi connectivity index (χ2n) is 5.10. The molecule has 1 aliphatic rings. The minimum absolute atomic E-state index is 0.0548. The van der Waals surface area contributed by atoms with Gasteiger partial charge in [-0.15, -0.1) is 0 Å². The van der Waals surface area contributed by atoms with Crippen molar-refractivity contribution < 1.29 is 8.42 Å². The number of nitrogens with zero attached hydrogens (tertiary/aromatic N) is 1. The Balaban J connectivity index is 2.23. The maximum absolute atomic E-state index is 12.5. The van der Waals surface area contributed by atoms with Crippen molar-refractivity contribution in [3.8, 4) is 0 Å². The van der Waals surface area contributed by atoms with Crippen molar-refractivity contribution in [1.29, 1.82) is 0 Å². The molecule has 1 aromatic heterocycles. The lowest BCUT2D eigenvalue weighted by molar-refractivity contribution is 0.424. The summed E-state index contributed by atoms with van der Waals surface area (Å²) in [6.45, 7) is 1.91. The molecule has 1 saturated carbocycles. The van der Waals surface area contributed by atoms with Crippen molar-refractivity contribution in [3.63, 3.8) is 0 Å². The fourth-order valence-corrected chi connectivity index (χ4v) is 4.54. The summed E-state index contributed by atoms with van der Waals surface area (Å²) in [5, 5.41) is 0. The first-order valence-electron chi connectivity index (χ1n) is 6.58. The van der Waals surface area contributed by atoms with Crippen molar-refractivity contribution in [2.24, 2.45) is 11.8 Å². The zero-order valence-corrected chi connectivity index (χ0v) is 13.7. The first-order chi connectivity index (χ1) is 9.44. The van der Waals surface area contributed by atoms with E-state index < -0.39 is 10.0 Å². The van der Waals surface area contributed by atoms with Crippen LogP contribution in [0.4, 0.5) is 5.82 Å². The molecule has 0 spiro atoms. The average molecular weight is 363 g/mol. The number of nitrogens with two attached hydrogens (primary N) is 1.